The van der Waals surface area contributed by atoms with Crippen molar-refractivity contribution in [1.29, 1.82) is 0 Å². The van der Waals surface area contributed by atoms with Crippen molar-refractivity contribution in [2.75, 3.05) is 6.54 Å². The van der Waals surface area contributed by atoms with E-state index in [0.29, 0.717) is 13.0 Å². The standard InChI is InChI=1S/C17H24FN3O/c1-13(8-9-14-6-4-5-7-16(14)18)19-12-17(2,22)15-10-20-21(3)11-15/h4-7,10-11,13,19,22H,8-9,12H2,1-3H3. The highest BCUT2D eigenvalue weighted by atomic mass is 19.1. The summed E-state index contributed by atoms with van der Waals surface area (Å²) in [6, 6.07) is 7.03. The van der Waals surface area contributed by atoms with Crippen LogP contribution in [0.2, 0.25) is 0 Å². The number of aromatic nitrogens is 2. The smallest absolute Gasteiger partial charge is 0.126 e. The molecule has 4 nitrogen and oxygen atoms in total. The molecule has 5 heteroatoms. The molecule has 0 saturated carbocycles. The van der Waals surface area contributed by atoms with Gasteiger partial charge in [0.25, 0.3) is 0 Å². The molecule has 2 rings (SSSR count). The third kappa shape index (κ3) is 4.39. The molecule has 0 aliphatic rings. The molecular weight excluding hydrogens is 281 g/mol. The quantitative estimate of drug-likeness (QED) is 0.826. The molecule has 0 aliphatic heterocycles. The highest BCUT2D eigenvalue weighted by molar-refractivity contribution is 5.17. The molecule has 22 heavy (non-hydrogen) atoms. The summed E-state index contributed by atoms with van der Waals surface area (Å²) in [6.07, 6.45) is 4.97. The maximum absolute atomic E-state index is 13.6. The van der Waals surface area contributed by atoms with Gasteiger partial charge in [-0.2, -0.15) is 5.10 Å². The van der Waals surface area contributed by atoms with Gasteiger partial charge in [0.1, 0.15) is 11.4 Å². The number of aryl methyl sites for hydroxylation is 2. The Bertz CT molecular complexity index is 609. The molecule has 0 fully saturated rings. The molecule has 0 bridgehead atoms. The topological polar surface area (TPSA) is 50.1 Å². The van der Waals surface area contributed by atoms with E-state index in [2.05, 4.69) is 10.4 Å². The molecular formula is C17H24FN3O. The molecule has 1 heterocycles. The average molecular weight is 305 g/mol. The Labute approximate surface area is 131 Å². The predicted molar refractivity (Wildman–Crippen MR) is 85.0 cm³/mol. The van der Waals surface area contributed by atoms with E-state index < -0.39 is 5.60 Å². The van der Waals surface area contributed by atoms with Crippen LogP contribution in [-0.2, 0) is 19.1 Å². The maximum atomic E-state index is 13.6. The minimum absolute atomic E-state index is 0.156. The van der Waals surface area contributed by atoms with Crippen LogP contribution in [0.15, 0.2) is 36.7 Å². The van der Waals surface area contributed by atoms with E-state index in [9.17, 15) is 9.50 Å². The first-order chi connectivity index (χ1) is 10.4. The molecule has 2 aromatic rings. The molecule has 0 aliphatic carbocycles. The molecule has 1 aromatic carbocycles. The van der Waals surface area contributed by atoms with Crippen molar-refractivity contribution in [2.45, 2.75) is 38.3 Å². The zero-order valence-electron chi connectivity index (χ0n) is 13.4. The first kappa shape index (κ1) is 16.6. The van der Waals surface area contributed by atoms with Crippen LogP contribution in [0.3, 0.4) is 0 Å². The van der Waals surface area contributed by atoms with Gasteiger partial charge in [-0.25, -0.2) is 4.39 Å². The summed E-state index contributed by atoms with van der Waals surface area (Å²) < 4.78 is 15.2. The molecule has 0 spiro atoms. The first-order valence-electron chi connectivity index (χ1n) is 7.57. The van der Waals surface area contributed by atoms with Crippen LogP contribution in [0.5, 0.6) is 0 Å². The molecule has 2 N–H and O–H groups in total. The lowest BCUT2D eigenvalue weighted by molar-refractivity contribution is 0.0540. The Hall–Kier alpha value is -1.72. The Morgan fingerprint density at radius 1 is 1.41 bits per heavy atom. The van der Waals surface area contributed by atoms with Gasteiger partial charge in [0.2, 0.25) is 0 Å². The minimum Gasteiger partial charge on any atom is -0.384 e. The van der Waals surface area contributed by atoms with Gasteiger partial charge in [0.15, 0.2) is 0 Å². The highest BCUT2D eigenvalue weighted by Crippen LogP contribution is 2.19. The lowest BCUT2D eigenvalue weighted by Gasteiger charge is -2.25. The minimum atomic E-state index is -0.972. The van der Waals surface area contributed by atoms with E-state index in [1.807, 2.05) is 32.3 Å². The van der Waals surface area contributed by atoms with E-state index in [1.165, 1.54) is 6.07 Å². The van der Waals surface area contributed by atoms with Gasteiger partial charge in [-0.1, -0.05) is 18.2 Å². The lowest BCUT2D eigenvalue weighted by atomic mass is 9.98. The van der Waals surface area contributed by atoms with Crippen molar-refractivity contribution < 1.29 is 9.50 Å². The Morgan fingerprint density at radius 3 is 2.77 bits per heavy atom. The largest absolute Gasteiger partial charge is 0.384 e. The van der Waals surface area contributed by atoms with E-state index in [4.69, 9.17) is 0 Å². The molecule has 120 valence electrons. The van der Waals surface area contributed by atoms with Crippen molar-refractivity contribution in [3.05, 3.63) is 53.6 Å². The molecule has 0 radical (unpaired) electrons. The van der Waals surface area contributed by atoms with Crippen molar-refractivity contribution in [1.82, 2.24) is 15.1 Å². The fourth-order valence-corrected chi connectivity index (χ4v) is 2.35. The van der Waals surface area contributed by atoms with Crippen LogP contribution in [0.4, 0.5) is 4.39 Å². The van der Waals surface area contributed by atoms with Gasteiger partial charge in [-0.3, -0.25) is 4.68 Å². The van der Waals surface area contributed by atoms with E-state index in [1.54, 1.807) is 23.9 Å². The zero-order valence-corrected chi connectivity index (χ0v) is 13.4. The number of hydrogen-bond acceptors (Lipinski definition) is 3. The number of benzene rings is 1. The SMILES string of the molecule is CC(CCc1ccccc1F)NCC(C)(O)c1cnn(C)c1. The molecule has 0 saturated heterocycles. The normalized spacial score (nSPS) is 15.5. The lowest BCUT2D eigenvalue weighted by Crippen LogP contribution is -2.39. The monoisotopic (exact) mass is 305 g/mol. The second kappa shape index (κ2) is 7.03. The van der Waals surface area contributed by atoms with E-state index in [0.717, 1.165) is 17.5 Å². The Morgan fingerprint density at radius 2 is 2.14 bits per heavy atom. The van der Waals surface area contributed by atoms with Crippen LogP contribution < -0.4 is 5.32 Å². The van der Waals surface area contributed by atoms with Gasteiger partial charge in [0.05, 0.1) is 6.20 Å². The van der Waals surface area contributed by atoms with Crippen molar-refractivity contribution in [3.63, 3.8) is 0 Å². The molecule has 2 unspecified atom stereocenters. The summed E-state index contributed by atoms with van der Waals surface area (Å²) >= 11 is 0. The van der Waals surface area contributed by atoms with E-state index >= 15 is 0 Å². The van der Waals surface area contributed by atoms with Gasteiger partial charge in [-0.05, 0) is 38.3 Å². The Balaban J connectivity index is 1.82. The van der Waals surface area contributed by atoms with Crippen LogP contribution >= 0.6 is 0 Å². The van der Waals surface area contributed by atoms with Crippen molar-refractivity contribution in [3.8, 4) is 0 Å². The summed E-state index contributed by atoms with van der Waals surface area (Å²) in [7, 11) is 1.82. The van der Waals surface area contributed by atoms with Crippen LogP contribution in [0, 0.1) is 5.82 Å². The van der Waals surface area contributed by atoms with Crippen molar-refractivity contribution in [2.24, 2.45) is 7.05 Å². The van der Waals surface area contributed by atoms with Gasteiger partial charge in [0, 0.05) is 31.4 Å². The summed E-state index contributed by atoms with van der Waals surface area (Å²) in [4.78, 5) is 0. The first-order valence-corrected chi connectivity index (χ1v) is 7.57. The summed E-state index contributed by atoms with van der Waals surface area (Å²) in [6.45, 7) is 4.23. The summed E-state index contributed by atoms with van der Waals surface area (Å²) in [5.74, 6) is -0.156. The fourth-order valence-electron chi connectivity index (χ4n) is 2.35. The predicted octanol–water partition coefficient (Wildman–Crippen LogP) is 2.38. The summed E-state index contributed by atoms with van der Waals surface area (Å²) in [5.41, 5.74) is 0.541. The van der Waals surface area contributed by atoms with Crippen LogP contribution in [0.1, 0.15) is 31.4 Å². The number of nitrogens with one attached hydrogen (secondary N) is 1. The number of halogens is 1. The number of hydrogen-bond donors (Lipinski definition) is 2. The molecule has 2 atom stereocenters. The zero-order chi connectivity index (χ0) is 16.2. The maximum Gasteiger partial charge on any atom is 0.126 e. The number of aliphatic hydroxyl groups is 1. The van der Waals surface area contributed by atoms with Gasteiger partial charge < -0.3 is 10.4 Å². The molecule has 0 amide bonds. The van der Waals surface area contributed by atoms with Crippen LogP contribution in [0.25, 0.3) is 0 Å². The second-order valence-electron chi connectivity index (χ2n) is 6.09. The van der Waals surface area contributed by atoms with Gasteiger partial charge >= 0.3 is 0 Å². The molecule has 1 aromatic heterocycles. The van der Waals surface area contributed by atoms with Crippen LogP contribution in [-0.4, -0.2) is 27.5 Å². The highest BCUT2D eigenvalue weighted by Gasteiger charge is 2.25. The Kier molecular flexibility index (Phi) is 5.32. The summed E-state index contributed by atoms with van der Waals surface area (Å²) in [5, 5.41) is 17.9. The van der Waals surface area contributed by atoms with Crippen molar-refractivity contribution >= 4 is 0 Å². The van der Waals surface area contributed by atoms with Gasteiger partial charge in [-0.15, -0.1) is 0 Å². The average Bonchev–Trinajstić information content (AvgIpc) is 2.92. The number of nitrogens with zero attached hydrogens (tertiary/aromatic N) is 2. The second-order valence-corrected chi connectivity index (χ2v) is 6.09. The van der Waals surface area contributed by atoms with E-state index in [-0.39, 0.29) is 11.9 Å². The third-order valence-corrected chi connectivity index (χ3v) is 3.93. The fraction of sp³-hybridized carbons (Fsp3) is 0.471. The third-order valence-electron chi connectivity index (χ3n) is 3.93. The number of rotatable bonds is 7.